The standard InChI is InChI=1S/C23H32N4/c1-19-8-9-21(18-20(19)2)22-6-5-7-23(24-22)27-16-14-26(15-17-27)13-12-25-10-3-4-11-25/h5-9,18H,3-4,10-17H2,1-2H3. The summed E-state index contributed by atoms with van der Waals surface area (Å²) in [6, 6.07) is 13.1. The van der Waals surface area contributed by atoms with Gasteiger partial charge in [-0.25, -0.2) is 4.98 Å². The van der Waals surface area contributed by atoms with Crippen molar-refractivity contribution in [2.75, 3.05) is 57.3 Å². The number of hydrogen-bond acceptors (Lipinski definition) is 4. The van der Waals surface area contributed by atoms with Crippen molar-refractivity contribution in [3.05, 3.63) is 47.5 Å². The molecule has 0 spiro atoms. The third kappa shape index (κ3) is 4.50. The maximum atomic E-state index is 4.97. The van der Waals surface area contributed by atoms with Gasteiger partial charge in [0.1, 0.15) is 5.82 Å². The van der Waals surface area contributed by atoms with Gasteiger partial charge >= 0.3 is 0 Å². The molecule has 2 aliphatic heterocycles. The minimum Gasteiger partial charge on any atom is -0.354 e. The van der Waals surface area contributed by atoms with Crippen molar-refractivity contribution in [2.45, 2.75) is 26.7 Å². The lowest BCUT2D eigenvalue weighted by atomic mass is 10.0. The number of likely N-dealkylation sites (tertiary alicyclic amines) is 1. The molecular formula is C23H32N4. The minimum atomic E-state index is 1.07. The van der Waals surface area contributed by atoms with Crippen LogP contribution in [0.2, 0.25) is 0 Å². The van der Waals surface area contributed by atoms with E-state index in [1.54, 1.807) is 0 Å². The van der Waals surface area contributed by atoms with Gasteiger partial charge in [0.05, 0.1) is 5.69 Å². The molecular weight excluding hydrogens is 332 g/mol. The average Bonchev–Trinajstić information content (AvgIpc) is 3.23. The van der Waals surface area contributed by atoms with E-state index in [4.69, 9.17) is 4.98 Å². The molecule has 2 saturated heterocycles. The first-order valence-electron chi connectivity index (χ1n) is 10.4. The van der Waals surface area contributed by atoms with Crippen molar-refractivity contribution in [3.8, 4) is 11.3 Å². The van der Waals surface area contributed by atoms with Gasteiger partial charge in [0.2, 0.25) is 0 Å². The second kappa shape index (κ2) is 8.41. The van der Waals surface area contributed by atoms with Crippen LogP contribution in [0.15, 0.2) is 36.4 Å². The van der Waals surface area contributed by atoms with Crippen LogP contribution in [0, 0.1) is 13.8 Å². The topological polar surface area (TPSA) is 22.6 Å². The van der Waals surface area contributed by atoms with Gasteiger partial charge in [0, 0.05) is 44.8 Å². The highest BCUT2D eigenvalue weighted by Crippen LogP contribution is 2.23. The molecule has 27 heavy (non-hydrogen) atoms. The first kappa shape index (κ1) is 18.5. The maximum absolute atomic E-state index is 4.97. The summed E-state index contributed by atoms with van der Waals surface area (Å²) >= 11 is 0. The third-order valence-corrected chi connectivity index (χ3v) is 6.16. The lowest BCUT2D eigenvalue weighted by molar-refractivity contribution is 0.215. The van der Waals surface area contributed by atoms with Crippen molar-refractivity contribution >= 4 is 5.82 Å². The predicted molar refractivity (Wildman–Crippen MR) is 113 cm³/mol. The van der Waals surface area contributed by atoms with E-state index in [1.807, 2.05) is 0 Å². The Morgan fingerprint density at radius 3 is 2.19 bits per heavy atom. The Balaban J connectivity index is 1.36. The fraction of sp³-hybridized carbons (Fsp3) is 0.522. The number of anilines is 1. The largest absolute Gasteiger partial charge is 0.354 e. The molecule has 4 rings (SSSR count). The number of rotatable bonds is 5. The zero-order valence-corrected chi connectivity index (χ0v) is 16.8. The van der Waals surface area contributed by atoms with Crippen molar-refractivity contribution in [2.24, 2.45) is 0 Å². The van der Waals surface area contributed by atoms with E-state index >= 15 is 0 Å². The molecule has 2 aromatic rings. The molecule has 0 bridgehead atoms. The summed E-state index contributed by atoms with van der Waals surface area (Å²) in [6.07, 6.45) is 2.77. The molecule has 0 atom stereocenters. The average molecular weight is 365 g/mol. The SMILES string of the molecule is Cc1ccc(-c2cccc(N3CCN(CCN4CCCC4)CC3)n2)cc1C. The van der Waals surface area contributed by atoms with Crippen LogP contribution >= 0.6 is 0 Å². The molecule has 1 aromatic heterocycles. The highest BCUT2D eigenvalue weighted by molar-refractivity contribution is 5.63. The highest BCUT2D eigenvalue weighted by atomic mass is 15.3. The maximum Gasteiger partial charge on any atom is 0.129 e. The minimum absolute atomic E-state index is 1.07. The van der Waals surface area contributed by atoms with E-state index in [-0.39, 0.29) is 0 Å². The molecule has 2 aliphatic rings. The Morgan fingerprint density at radius 1 is 0.778 bits per heavy atom. The van der Waals surface area contributed by atoms with Crippen molar-refractivity contribution in [1.29, 1.82) is 0 Å². The Morgan fingerprint density at radius 2 is 1.48 bits per heavy atom. The van der Waals surface area contributed by atoms with E-state index in [1.165, 1.54) is 55.7 Å². The van der Waals surface area contributed by atoms with Crippen LogP contribution in [0.4, 0.5) is 5.82 Å². The van der Waals surface area contributed by atoms with E-state index in [2.05, 4.69) is 64.9 Å². The molecule has 0 aliphatic carbocycles. The number of aromatic nitrogens is 1. The molecule has 0 amide bonds. The Hall–Kier alpha value is -1.91. The number of nitrogens with zero attached hydrogens (tertiary/aromatic N) is 4. The highest BCUT2D eigenvalue weighted by Gasteiger charge is 2.19. The number of hydrogen-bond donors (Lipinski definition) is 0. The zero-order valence-electron chi connectivity index (χ0n) is 16.8. The van der Waals surface area contributed by atoms with Gasteiger partial charge in [-0.15, -0.1) is 0 Å². The summed E-state index contributed by atoms with van der Waals surface area (Å²) in [6.45, 7) is 13.8. The van der Waals surface area contributed by atoms with E-state index in [0.29, 0.717) is 0 Å². The second-order valence-corrected chi connectivity index (χ2v) is 8.06. The molecule has 0 unspecified atom stereocenters. The van der Waals surface area contributed by atoms with E-state index in [9.17, 15) is 0 Å². The number of benzene rings is 1. The van der Waals surface area contributed by atoms with E-state index in [0.717, 1.165) is 37.7 Å². The second-order valence-electron chi connectivity index (χ2n) is 8.06. The summed E-state index contributed by atoms with van der Waals surface area (Å²) in [4.78, 5) is 12.6. The molecule has 3 heterocycles. The van der Waals surface area contributed by atoms with Gasteiger partial charge in [0.15, 0.2) is 0 Å². The monoisotopic (exact) mass is 364 g/mol. The number of aryl methyl sites for hydroxylation is 2. The van der Waals surface area contributed by atoms with Crippen LogP contribution in [-0.4, -0.2) is 67.1 Å². The summed E-state index contributed by atoms with van der Waals surface area (Å²) in [5, 5.41) is 0. The molecule has 4 heteroatoms. The molecule has 1 aromatic carbocycles. The van der Waals surface area contributed by atoms with Crippen LogP contribution < -0.4 is 4.90 Å². The van der Waals surface area contributed by atoms with Gasteiger partial charge < -0.3 is 9.80 Å². The molecule has 144 valence electrons. The van der Waals surface area contributed by atoms with Crippen LogP contribution in [0.1, 0.15) is 24.0 Å². The van der Waals surface area contributed by atoms with E-state index < -0.39 is 0 Å². The lowest BCUT2D eigenvalue weighted by Gasteiger charge is -2.36. The van der Waals surface area contributed by atoms with Gasteiger partial charge in [-0.3, -0.25) is 4.90 Å². The van der Waals surface area contributed by atoms with Gasteiger partial charge in [-0.1, -0.05) is 18.2 Å². The van der Waals surface area contributed by atoms with Crippen molar-refractivity contribution < 1.29 is 0 Å². The molecule has 4 nitrogen and oxygen atoms in total. The number of pyridine rings is 1. The summed E-state index contributed by atoms with van der Waals surface area (Å²) < 4.78 is 0. The normalized spacial score (nSPS) is 19.0. The van der Waals surface area contributed by atoms with Gasteiger partial charge in [0.25, 0.3) is 0 Å². The molecule has 0 N–H and O–H groups in total. The number of piperazine rings is 1. The van der Waals surface area contributed by atoms with Crippen LogP contribution in [0.3, 0.4) is 0 Å². The Kier molecular flexibility index (Phi) is 5.74. The van der Waals surface area contributed by atoms with Gasteiger partial charge in [-0.2, -0.15) is 0 Å². The summed E-state index contributed by atoms with van der Waals surface area (Å²) in [7, 11) is 0. The van der Waals surface area contributed by atoms with Crippen molar-refractivity contribution in [3.63, 3.8) is 0 Å². The summed E-state index contributed by atoms with van der Waals surface area (Å²) in [5.74, 6) is 1.12. The van der Waals surface area contributed by atoms with Crippen molar-refractivity contribution in [1.82, 2.24) is 14.8 Å². The lowest BCUT2D eigenvalue weighted by Crippen LogP contribution is -2.48. The Labute approximate surface area is 163 Å². The zero-order chi connectivity index (χ0) is 18.6. The first-order valence-corrected chi connectivity index (χ1v) is 10.4. The third-order valence-electron chi connectivity index (χ3n) is 6.16. The fourth-order valence-corrected chi connectivity index (χ4v) is 4.15. The fourth-order valence-electron chi connectivity index (χ4n) is 4.15. The smallest absolute Gasteiger partial charge is 0.129 e. The molecule has 0 saturated carbocycles. The van der Waals surface area contributed by atoms with Crippen LogP contribution in [0.5, 0.6) is 0 Å². The van der Waals surface area contributed by atoms with Crippen LogP contribution in [0.25, 0.3) is 11.3 Å². The molecule has 0 radical (unpaired) electrons. The quantitative estimate of drug-likeness (QED) is 0.809. The van der Waals surface area contributed by atoms with Gasteiger partial charge in [-0.05, 0) is 69.1 Å². The first-order chi connectivity index (χ1) is 13.2. The Bertz CT molecular complexity index is 759. The van der Waals surface area contributed by atoms with Crippen LogP contribution in [-0.2, 0) is 0 Å². The molecule has 2 fully saturated rings. The predicted octanol–water partition coefficient (Wildman–Crippen LogP) is 3.58. The summed E-state index contributed by atoms with van der Waals surface area (Å²) in [5.41, 5.74) is 4.95.